The summed E-state index contributed by atoms with van der Waals surface area (Å²) in [5, 5.41) is 25.6. The largest absolute Gasteiger partial charge is 0.423 e. The van der Waals surface area contributed by atoms with Crippen molar-refractivity contribution >= 4 is 33.8 Å². The Balaban J connectivity index is 1.48. The van der Waals surface area contributed by atoms with Crippen LogP contribution in [0.1, 0.15) is 28.8 Å². The second kappa shape index (κ2) is 8.43. The molecule has 1 saturated carbocycles. The van der Waals surface area contributed by atoms with Crippen LogP contribution in [0.25, 0.3) is 22.0 Å². The van der Waals surface area contributed by atoms with Gasteiger partial charge in [0.15, 0.2) is 5.13 Å². The van der Waals surface area contributed by atoms with Crippen molar-refractivity contribution in [2.24, 2.45) is 0 Å². The molecule has 5 rings (SSSR count). The van der Waals surface area contributed by atoms with E-state index in [1.807, 2.05) is 13.0 Å². The van der Waals surface area contributed by atoms with Crippen LogP contribution in [0.15, 0.2) is 53.3 Å². The van der Waals surface area contributed by atoms with Crippen LogP contribution in [0.4, 0.5) is 16.5 Å². The fraction of sp³-hybridized carbons (Fsp3) is 0.182. The van der Waals surface area contributed by atoms with Crippen LogP contribution in [-0.2, 0) is 0 Å². The number of non-ortho nitro benzene ring substituents is 1. The van der Waals surface area contributed by atoms with E-state index in [1.54, 1.807) is 24.3 Å². The van der Waals surface area contributed by atoms with E-state index >= 15 is 0 Å². The van der Waals surface area contributed by atoms with Crippen LogP contribution >= 0.6 is 11.3 Å². The van der Waals surface area contributed by atoms with Gasteiger partial charge in [-0.3, -0.25) is 14.9 Å². The van der Waals surface area contributed by atoms with Gasteiger partial charge in [0, 0.05) is 35.0 Å². The molecule has 11 heteroatoms. The van der Waals surface area contributed by atoms with E-state index in [4.69, 9.17) is 4.42 Å². The molecule has 1 amide bonds. The molecule has 2 N–H and O–H groups in total. The first-order valence-corrected chi connectivity index (χ1v) is 11.0. The lowest BCUT2D eigenvalue weighted by Crippen LogP contribution is -2.25. The van der Waals surface area contributed by atoms with Crippen molar-refractivity contribution in [3.63, 3.8) is 0 Å². The summed E-state index contributed by atoms with van der Waals surface area (Å²) in [7, 11) is 0. The molecule has 4 aromatic rings. The van der Waals surface area contributed by atoms with Gasteiger partial charge >= 0.3 is 0 Å². The number of nitro benzene ring substituents is 1. The number of nitrogens with zero attached hydrogens (tertiary/aromatic N) is 4. The molecular weight excluding hydrogens is 444 g/mol. The number of hydrogen-bond acceptors (Lipinski definition) is 9. The van der Waals surface area contributed by atoms with E-state index in [0.29, 0.717) is 32.7 Å². The van der Waals surface area contributed by atoms with E-state index in [1.165, 1.54) is 29.9 Å². The Kier molecular flexibility index (Phi) is 5.31. The molecule has 166 valence electrons. The highest BCUT2D eigenvalue weighted by Crippen LogP contribution is 2.39. The van der Waals surface area contributed by atoms with Gasteiger partial charge < -0.3 is 15.1 Å². The van der Waals surface area contributed by atoms with E-state index in [9.17, 15) is 14.9 Å². The monoisotopic (exact) mass is 462 g/mol. The highest BCUT2D eigenvalue weighted by Gasteiger charge is 2.24. The lowest BCUT2D eigenvalue weighted by Gasteiger charge is -2.10. The quantitative estimate of drug-likeness (QED) is 0.298. The first-order chi connectivity index (χ1) is 16.0. The number of carbonyl (C=O) groups excluding carboxylic acids is 1. The molecule has 0 spiro atoms. The molecule has 2 aromatic carbocycles. The maximum Gasteiger partial charge on any atom is 0.269 e. The Morgan fingerprint density at radius 2 is 2.00 bits per heavy atom. The third-order valence-corrected chi connectivity index (χ3v) is 6.15. The minimum atomic E-state index is -0.453. The molecule has 2 aromatic heterocycles. The molecule has 0 radical (unpaired) electrons. The normalized spacial score (nSPS) is 13.0. The van der Waals surface area contributed by atoms with Crippen LogP contribution in [0, 0.1) is 17.0 Å². The summed E-state index contributed by atoms with van der Waals surface area (Å²) >= 11 is 1.31. The Bertz CT molecular complexity index is 1330. The number of nitro groups is 1. The molecule has 2 heterocycles. The van der Waals surface area contributed by atoms with Crippen molar-refractivity contribution in [2.45, 2.75) is 25.8 Å². The lowest BCUT2D eigenvalue weighted by molar-refractivity contribution is -0.384. The fourth-order valence-electron chi connectivity index (χ4n) is 3.24. The lowest BCUT2D eigenvalue weighted by atomic mass is 10.1. The number of aromatic nitrogens is 3. The standard InChI is InChI=1S/C22H18N6O4S/c1-12-2-3-14(20(29)24-15-6-7-15)10-17(12)25-22-26-18(19(33-22)21-27-23-11-32-21)13-4-8-16(9-5-13)28(30)31/h2-5,8-11,15H,6-7H2,1H3,(H,24,29)(H,25,26). The van der Waals surface area contributed by atoms with E-state index < -0.39 is 4.92 Å². The molecule has 1 fully saturated rings. The van der Waals surface area contributed by atoms with Crippen LogP contribution in [0.5, 0.6) is 0 Å². The molecule has 1 aliphatic rings. The number of benzene rings is 2. The summed E-state index contributed by atoms with van der Waals surface area (Å²) in [5.41, 5.74) is 3.49. The second-order valence-corrected chi connectivity index (χ2v) is 8.65. The Labute approximate surface area is 191 Å². The van der Waals surface area contributed by atoms with Crippen molar-refractivity contribution in [3.05, 3.63) is 70.1 Å². The van der Waals surface area contributed by atoms with Gasteiger partial charge in [-0.25, -0.2) is 4.98 Å². The third-order valence-electron chi connectivity index (χ3n) is 5.19. The number of rotatable bonds is 7. The van der Waals surface area contributed by atoms with E-state index in [2.05, 4.69) is 25.8 Å². The molecule has 0 atom stereocenters. The zero-order chi connectivity index (χ0) is 22.9. The number of nitrogens with one attached hydrogen (secondary N) is 2. The molecule has 33 heavy (non-hydrogen) atoms. The first kappa shape index (κ1) is 20.8. The van der Waals surface area contributed by atoms with Crippen molar-refractivity contribution in [1.82, 2.24) is 20.5 Å². The van der Waals surface area contributed by atoms with Gasteiger partial charge in [-0.2, -0.15) is 0 Å². The van der Waals surface area contributed by atoms with Crippen molar-refractivity contribution in [2.75, 3.05) is 5.32 Å². The fourth-order valence-corrected chi connectivity index (χ4v) is 4.16. The van der Waals surface area contributed by atoms with Crippen LogP contribution in [-0.4, -0.2) is 32.1 Å². The minimum absolute atomic E-state index is 0.0106. The van der Waals surface area contributed by atoms with Crippen LogP contribution in [0.3, 0.4) is 0 Å². The van der Waals surface area contributed by atoms with Gasteiger partial charge in [0.25, 0.3) is 17.5 Å². The number of amides is 1. The number of thiazole rings is 1. The van der Waals surface area contributed by atoms with Crippen molar-refractivity contribution < 1.29 is 14.1 Å². The number of hydrogen-bond donors (Lipinski definition) is 2. The Morgan fingerprint density at radius 3 is 2.67 bits per heavy atom. The number of anilines is 2. The molecule has 0 unspecified atom stereocenters. The zero-order valence-corrected chi connectivity index (χ0v) is 18.3. The average molecular weight is 462 g/mol. The predicted molar refractivity (Wildman–Crippen MR) is 122 cm³/mol. The van der Waals surface area contributed by atoms with Gasteiger partial charge in [-0.15, -0.1) is 10.2 Å². The van der Waals surface area contributed by atoms with Gasteiger partial charge in [0.1, 0.15) is 4.88 Å². The van der Waals surface area contributed by atoms with Gasteiger partial charge in [0.2, 0.25) is 6.39 Å². The average Bonchev–Trinajstić information content (AvgIpc) is 3.28. The number of aryl methyl sites for hydroxylation is 1. The summed E-state index contributed by atoms with van der Waals surface area (Å²) in [4.78, 5) is 28.3. The van der Waals surface area contributed by atoms with Gasteiger partial charge in [-0.1, -0.05) is 17.4 Å². The van der Waals surface area contributed by atoms with Crippen LogP contribution in [0.2, 0.25) is 0 Å². The smallest absolute Gasteiger partial charge is 0.269 e. The highest BCUT2D eigenvalue weighted by atomic mass is 32.1. The van der Waals surface area contributed by atoms with Crippen molar-refractivity contribution in [3.8, 4) is 22.0 Å². The van der Waals surface area contributed by atoms with E-state index in [-0.39, 0.29) is 17.6 Å². The zero-order valence-electron chi connectivity index (χ0n) is 17.4. The summed E-state index contributed by atoms with van der Waals surface area (Å²) in [5.74, 6) is 0.195. The molecule has 0 bridgehead atoms. The molecule has 1 aliphatic carbocycles. The predicted octanol–water partition coefficient (Wildman–Crippen LogP) is 4.71. The van der Waals surface area contributed by atoms with Crippen LogP contribution < -0.4 is 10.6 Å². The minimum Gasteiger partial charge on any atom is -0.423 e. The maximum absolute atomic E-state index is 12.5. The molecular formula is C22H18N6O4S. The molecule has 0 saturated heterocycles. The molecule has 10 nitrogen and oxygen atoms in total. The molecule has 0 aliphatic heterocycles. The Hall–Kier alpha value is -4.12. The summed E-state index contributed by atoms with van der Waals surface area (Å²) in [6, 6.07) is 11.9. The SMILES string of the molecule is Cc1ccc(C(=O)NC2CC2)cc1Nc1nc(-c2ccc([N+](=O)[O-])cc2)c(-c2nnco2)s1. The maximum atomic E-state index is 12.5. The third kappa shape index (κ3) is 4.44. The topological polar surface area (TPSA) is 136 Å². The Morgan fingerprint density at radius 1 is 1.21 bits per heavy atom. The summed E-state index contributed by atoms with van der Waals surface area (Å²) < 4.78 is 5.38. The highest BCUT2D eigenvalue weighted by molar-refractivity contribution is 7.19. The van der Waals surface area contributed by atoms with Crippen molar-refractivity contribution in [1.29, 1.82) is 0 Å². The first-order valence-electron chi connectivity index (χ1n) is 10.2. The van der Waals surface area contributed by atoms with Gasteiger partial charge in [0.05, 0.1) is 10.6 Å². The number of carbonyl (C=O) groups is 1. The van der Waals surface area contributed by atoms with E-state index in [0.717, 1.165) is 24.1 Å². The second-order valence-electron chi connectivity index (χ2n) is 7.65. The summed E-state index contributed by atoms with van der Waals surface area (Å²) in [6.07, 6.45) is 3.27. The summed E-state index contributed by atoms with van der Waals surface area (Å²) in [6.45, 7) is 1.94. The van der Waals surface area contributed by atoms with Gasteiger partial charge in [-0.05, 0) is 49.6 Å².